The van der Waals surface area contributed by atoms with Gasteiger partial charge in [0.25, 0.3) is 0 Å². The highest BCUT2D eigenvalue weighted by Gasteiger charge is 2.09. The molecule has 0 fully saturated rings. The third kappa shape index (κ3) is 5.69. The molecule has 1 aromatic carbocycles. The van der Waals surface area contributed by atoms with Crippen molar-refractivity contribution in [1.29, 1.82) is 0 Å². The highest BCUT2D eigenvalue weighted by Crippen LogP contribution is 2.16. The second-order valence-electron chi connectivity index (χ2n) is 5.94. The lowest BCUT2D eigenvalue weighted by Gasteiger charge is -2.09. The van der Waals surface area contributed by atoms with E-state index in [0.717, 1.165) is 0 Å². The molecule has 2 heterocycles. The number of nitrogens with zero attached hydrogens (tertiary/aromatic N) is 4. The number of halogens is 2. The normalized spacial score (nSPS) is 10.6. The molecule has 1 amide bonds. The molecule has 0 aliphatic rings. The molecule has 0 saturated heterocycles. The van der Waals surface area contributed by atoms with Crippen LogP contribution in [-0.2, 0) is 17.9 Å². The van der Waals surface area contributed by atoms with Gasteiger partial charge >= 0.3 is 0 Å². The summed E-state index contributed by atoms with van der Waals surface area (Å²) in [6, 6.07) is 5.25. The number of anilines is 3. The van der Waals surface area contributed by atoms with Gasteiger partial charge in [-0.15, -0.1) is 0 Å². The minimum atomic E-state index is -0.639. The summed E-state index contributed by atoms with van der Waals surface area (Å²) >= 11 is 0. The first kappa shape index (κ1) is 20.1. The number of carbonyl (C=O) groups is 1. The van der Waals surface area contributed by atoms with Crippen LogP contribution in [0.1, 0.15) is 5.56 Å². The third-order valence-electron chi connectivity index (χ3n) is 3.79. The summed E-state index contributed by atoms with van der Waals surface area (Å²) in [4.78, 5) is 19.9. The quantitative estimate of drug-likeness (QED) is 0.427. The topological polar surface area (TPSA) is 117 Å². The maximum atomic E-state index is 13.7. The average molecular weight is 403 g/mol. The second kappa shape index (κ2) is 9.55. The van der Waals surface area contributed by atoms with Crippen LogP contribution in [0.2, 0.25) is 0 Å². The molecular weight excluding hydrogens is 384 g/mol. The predicted octanol–water partition coefficient (Wildman–Crippen LogP) is 1.42. The molecule has 0 aliphatic carbocycles. The molecule has 29 heavy (non-hydrogen) atoms. The van der Waals surface area contributed by atoms with Crippen molar-refractivity contribution in [3.8, 4) is 0 Å². The number of rotatable bonds is 9. The standard InChI is InChI=1S/C18H19F2N7O2/c19-14-2-1-3-15(20)13(14)9-23-16-4-5-22-18(26-16)25-12-8-24-27(10-12)11-17(29)21-6-7-28/h1-5,8,10,28H,6-7,9,11H2,(H,21,29)(H2,22,23,25,26). The van der Waals surface area contributed by atoms with Gasteiger partial charge < -0.3 is 21.1 Å². The Morgan fingerprint density at radius 1 is 1.21 bits per heavy atom. The minimum absolute atomic E-state index is 0.00165. The number of benzene rings is 1. The van der Waals surface area contributed by atoms with Crippen LogP contribution >= 0.6 is 0 Å². The first-order valence-corrected chi connectivity index (χ1v) is 8.72. The Morgan fingerprint density at radius 3 is 2.76 bits per heavy atom. The van der Waals surface area contributed by atoms with Gasteiger partial charge in [0.1, 0.15) is 24.0 Å². The van der Waals surface area contributed by atoms with Gasteiger partial charge in [-0.1, -0.05) is 6.07 Å². The summed E-state index contributed by atoms with van der Waals surface area (Å²) in [5.41, 5.74) is 0.471. The summed E-state index contributed by atoms with van der Waals surface area (Å²) in [6.07, 6.45) is 4.58. The van der Waals surface area contributed by atoms with Gasteiger partial charge in [0, 0.05) is 31.0 Å². The largest absolute Gasteiger partial charge is 0.395 e. The monoisotopic (exact) mass is 403 g/mol. The fourth-order valence-electron chi connectivity index (χ4n) is 2.44. The molecule has 0 unspecified atom stereocenters. The first-order chi connectivity index (χ1) is 14.0. The van der Waals surface area contributed by atoms with Crippen molar-refractivity contribution in [1.82, 2.24) is 25.1 Å². The Hall–Kier alpha value is -3.60. The molecule has 4 N–H and O–H groups in total. The van der Waals surface area contributed by atoms with Gasteiger partial charge in [0.15, 0.2) is 0 Å². The lowest BCUT2D eigenvalue weighted by Crippen LogP contribution is -2.30. The third-order valence-corrected chi connectivity index (χ3v) is 3.79. The van der Waals surface area contributed by atoms with Gasteiger partial charge in [-0.3, -0.25) is 9.48 Å². The van der Waals surface area contributed by atoms with E-state index in [1.54, 1.807) is 12.3 Å². The van der Waals surface area contributed by atoms with E-state index in [2.05, 4.69) is 31.0 Å². The fourth-order valence-corrected chi connectivity index (χ4v) is 2.44. The molecule has 9 nitrogen and oxygen atoms in total. The van der Waals surface area contributed by atoms with E-state index in [4.69, 9.17) is 5.11 Å². The van der Waals surface area contributed by atoms with Crippen LogP contribution in [0.3, 0.4) is 0 Å². The van der Waals surface area contributed by atoms with E-state index < -0.39 is 11.6 Å². The number of amides is 1. The summed E-state index contributed by atoms with van der Waals surface area (Å²) in [6.45, 7) is -0.0350. The fraction of sp³-hybridized carbons (Fsp3) is 0.222. The number of aromatic nitrogens is 4. The van der Waals surface area contributed by atoms with Crippen molar-refractivity contribution in [3.63, 3.8) is 0 Å². The van der Waals surface area contributed by atoms with Gasteiger partial charge in [-0.25, -0.2) is 13.8 Å². The van der Waals surface area contributed by atoms with Crippen molar-refractivity contribution in [2.24, 2.45) is 0 Å². The molecule has 3 rings (SSSR count). The number of carbonyl (C=O) groups excluding carboxylic acids is 1. The van der Waals surface area contributed by atoms with Crippen molar-refractivity contribution in [2.75, 3.05) is 23.8 Å². The molecule has 0 aliphatic heterocycles. The van der Waals surface area contributed by atoms with Crippen molar-refractivity contribution < 1.29 is 18.7 Å². The SMILES string of the molecule is O=C(Cn1cc(Nc2nccc(NCc3c(F)cccc3F)n2)cn1)NCCO. The Kier molecular flexibility index (Phi) is 6.63. The van der Waals surface area contributed by atoms with Gasteiger partial charge in [0.05, 0.1) is 18.5 Å². The average Bonchev–Trinajstić information content (AvgIpc) is 3.13. The minimum Gasteiger partial charge on any atom is -0.395 e. The van der Waals surface area contributed by atoms with Crippen LogP contribution < -0.4 is 16.0 Å². The number of aliphatic hydroxyl groups is 1. The van der Waals surface area contributed by atoms with Gasteiger partial charge in [-0.05, 0) is 18.2 Å². The molecule has 11 heteroatoms. The molecule has 2 aromatic heterocycles. The van der Waals surface area contributed by atoms with E-state index in [9.17, 15) is 13.6 Å². The van der Waals surface area contributed by atoms with Crippen LogP contribution in [0, 0.1) is 11.6 Å². The zero-order valence-electron chi connectivity index (χ0n) is 15.3. The highest BCUT2D eigenvalue weighted by molar-refractivity contribution is 5.75. The lowest BCUT2D eigenvalue weighted by molar-refractivity contribution is -0.122. The number of nitrogens with one attached hydrogen (secondary N) is 3. The zero-order chi connectivity index (χ0) is 20.6. The Morgan fingerprint density at radius 2 is 2.00 bits per heavy atom. The smallest absolute Gasteiger partial charge is 0.241 e. The molecule has 0 radical (unpaired) electrons. The van der Waals surface area contributed by atoms with Crippen molar-refractivity contribution >= 4 is 23.4 Å². The van der Waals surface area contributed by atoms with E-state index in [1.165, 1.54) is 35.3 Å². The molecule has 0 atom stereocenters. The summed E-state index contributed by atoms with van der Waals surface area (Å²) < 4.78 is 28.8. The van der Waals surface area contributed by atoms with Crippen LogP contribution in [-0.4, -0.2) is 43.9 Å². The highest BCUT2D eigenvalue weighted by atomic mass is 19.1. The molecule has 152 valence electrons. The summed E-state index contributed by atoms with van der Waals surface area (Å²) in [5, 5.41) is 21.1. The van der Waals surface area contributed by atoms with Crippen molar-refractivity contribution in [3.05, 3.63) is 60.1 Å². The zero-order valence-corrected chi connectivity index (χ0v) is 15.3. The molecule has 0 saturated carbocycles. The number of hydrogen-bond acceptors (Lipinski definition) is 7. The maximum Gasteiger partial charge on any atom is 0.241 e. The lowest BCUT2D eigenvalue weighted by atomic mass is 10.2. The molecule has 0 spiro atoms. The summed E-state index contributed by atoms with van der Waals surface area (Å²) in [5.74, 6) is -0.938. The summed E-state index contributed by atoms with van der Waals surface area (Å²) in [7, 11) is 0. The molecular formula is C18H19F2N7O2. The Balaban J connectivity index is 1.59. The maximum absolute atomic E-state index is 13.7. The molecule has 0 bridgehead atoms. The van der Waals surface area contributed by atoms with E-state index >= 15 is 0 Å². The first-order valence-electron chi connectivity index (χ1n) is 8.72. The van der Waals surface area contributed by atoms with Gasteiger partial charge in [-0.2, -0.15) is 10.1 Å². The second-order valence-corrected chi connectivity index (χ2v) is 5.94. The van der Waals surface area contributed by atoms with Gasteiger partial charge in [0.2, 0.25) is 11.9 Å². The molecule has 3 aromatic rings. The van der Waals surface area contributed by atoms with Crippen molar-refractivity contribution in [2.45, 2.75) is 13.1 Å². The van der Waals surface area contributed by atoms with E-state index in [0.29, 0.717) is 11.5 Å². The van der Waals surface area contributed by atoms with Crippen LogP contribution in [0.25, 0.3) is 0 Å². The van der Waals surface area contributed by atoms with Crippen LogP contribution in [0.15, 0.2) is 42.9 Å². The number of aliphatic hydroxyl groups excluding tert-OH is 1. The van der Waals surface area contributed by atoms with E-state index in [-0.39, 0.29) is 43.7 Å². The number of hydrogen-bond donors (Lipinski definition) is 4. The van der Waals surface area contributed by atoms with Crippen LogP contribution in [0.5, 0.6) is 0 Å². The van der Waals surface area contributed by atoms with Crippen LogP contribution in [0.4, 0.5) is 26.2 Å². The Bertz CT molecular complexity index is 960. The predicted molar refractivity (Wildman–Crippen MR) is 101 cm³/mol. The Labute approximate surface area is 164 Å². The van der Waals surface area contributed by atoms with E-state index in [1.807, 2.05) is 0 Å².